The molecule has 3 fully saturated rings. The zero-order valence-electron chi connectivity index (χ0n) is 26.3. The van der Waals surface area contributed by atoms with Gasteiger partial charge in [0.25, 0.3) is 8.32 Å². The molecule has 1 aliphatic carbocycles. The summed E-state index contributed by atoms with van der Waals surface area (Å²) in [5, 5.41) is 25.4. The van der Waals surface area contributed by atoms with Gasteiger partial charge >= 0.3 is 0 Å². The number of ether oxygens (including phenoxy) is 1. The fourth-order valence-corrected chi connectivity index (χ4v) is 13.1. The van der Waals surface area contributed by atoms with Crippen LogP contribution in [0.1, 0.15) is 58.6 Å². The standard InChI is InChI=1S/C36H42BrNO6Si/c1-5-18-38-33(40)28-19-23(22-43-45(35(2,3)4,25-12-8-6-9-13-25)26-14-10-7-11-15-26)36(42)29(32(28)34(38)41)21-31(44-36)27-20-24(37)16-17-30(27)39/h6-17,20,23,28-29,31-32,39,42H,5,18-19,21-22H2,1-4H3/t23-,28+,29+,31+,32+,36-/m1/s1. The molecule has 6 rings (SSSR count). The van der Waals surface area contributed by atoms with Gasteiger partial charge in [-0.25, -0.2) is 0 Å². The molecule has 1 saturated carbocycles. The van der Waals surface area contributed by atoms with Crippen LogP contribution in [0.5, 0.6) is 5.75 Å². The van der Waals surface area contributed by atoms with Crippen molar-refractivity contribution in [1.82, 2.24) is 4.90 Å². The molecule has 2 saturated heterocycles. The number of phenols is 1. The largest absolute Gasteiger partial charge is 0.508 e. The highest BCUT2D eigenvalue weighted by atomic mass is 79.9. The summed E-state index contributed by atoms with van der Waals surface area (Å²) in [6.07, 6.45) is 0.584. The van der Waals surface area contributed by atoms with Crippen molar-refractivity contribution in [2.45, 2.75) is 63.9 Å². The van der Waals surface area contributed by atoms with Gasteiger partial charge < -0.3 is 19.4 Å². The lowest BCUT2D eigenvalue weighted by molar-refractivity contribution is -0.273. The first-order valence-corrected chi connectivity index (χ1v) is 18.6. The van der Waals surface area contributed by atoms with Gasteiger partial charge in [0.05, 0.1) is 17.9 Å². The minimum atomic E-state index is -2.97. The number of aliphatic hydroxyl groups is 1. The molecule has 2 N–H and O–H groups in total. The van der Waals surface area contributed by atoms with Crippen LogP contribution in [0.3, 0.4) is 0 Å². The van der Waals surface area contributed by atoms with Crippen LogP contribution in [-0.4, -0.2) is 54.2 Å². The van der Waals surface area contributed by atoms with Crippen molar-refractivity contribution >= 4 is 46.4 Å². The number of carbonyl (C=O) groups is 2. The number of amides is 2. The second-order valence-electron chi connectivity index (χ2n) is 13.8. The van der Waals surface area contributed by atoms with E-state index >= 15 is 0 Å². The number of benzene rings is 3. The van der Waals surface area contributed by atoms with E-state index in [0.717, 1.165) is 14.8 Å². The average Bonchev–Trinajstić information content (AvgIpc) is 3.49. The van der Waals surface area contributed by atoms with Crippen molar-refractivity contribution < 1.29 is 29.0 Å². The maximum atomic E-state index is 13.8. The summed E-state index contributed by atoms with van der Waals surface area (Å²) < 4.78 is 14.6. The van der Waals surface area contributed by atoms with Gasteiger partial charge in [0.15, 0.2) is 5.79 Å². The first-order valence-electron chi connectivity index (χ1n) is 15.9. The molecule has 0 aromatic heterocycles. The van der Waals surface area contributed by atoms with E-state index in [-0.39, 0.29) is 35.6 Å². The molecule has 3 aromatic rings. The van der Waals surface area contributed by atoms with E-state index < -0.39 is 43.9 Å². The van der Waals surface area contributed by atoms with E-state index in [2.05, 4.69) is 61.0 Å². The number of halogens is 1. The monoisotopic (exact) mass is 691 g/mol. The summed E-state index contributed by atoms with van der Waals surface area (Å²) in [4.78, 5) is 28.9. The lowest BCUT2D eigenvalue weighted by Gasteiger charge is -2.48. The average molecular weight is 693 g/mol. The number of nitrogens with zero attached hydrogens (tertiary/aromatic N) is 1. The topological polar surface area (TPSA) is 96.3 Å². The van der Waals surface area contributed by atoms with Crippen molar-refractivity contribution in [2.24, 2.45) is 23.7 Å². The number of phenolic OH excluding ortho intramolecular Hbond substituents is 1. The smallest absolute Gasteiger partial charge is 0.261 e. The van der Waals surface area contributed by atoms with Crippen molar-refractivity contribution in [3.8, 4) is 5.75 Å². The molecule has 3 aliphatic rings. The molecule has 9 heteroatoms. The number of aromatic hydroxyl groups is 1. The zero-order valence-corrected chi connectivity index (χ0v) is 28.9. The zero-order chi connectivity index (χ0) is 32.1. The molecular weight excluding hydrogens is 650 g/mol. The van der Waals surface area contributed by atoms with E-state index in [0.29, 0.717) is 24.9 Å². The minimum Gasteiger partial charge on any atom is -0.508 e. The van der Waals surface area contributed by atoms with Gasteiger partial charge in [-0.2, -0.15) is 0 Å². The number of likely N-dealkylation sites (tertiary alicyclic amines) is 1. The van der Waals surface area contributed by atoms with Crippen LogP contribution in [0, 0.1) is 23.7 Å². The van der Waals surface area contributed by atoms with E-state index in [1.807, 2.05) is 43.3 Å². The van der Waals surface area contributed by atoms with Gasteiger partial charge in [0.2, 0.25) is 11.8 Å². The second-order valence-corrected chi connectivity index (χ2v) is 19.0. The highest BCUT2D eigenvalue weighted by molar-refractivity contribution is 9.10. The van der Waals surface area contributed by atoms with Gasteiger partial charge in [-0.05, 0) is 52.9 Å². The van der Waals surface area contributed by atoms with E-state index in [1.54, 1.807) is 18.2 Å². The van der Waals surface area contributed by atoms with Crippen LogP contribution in [0.2, 0.25) is 5.04 Å². The maximum Gasteiger partial charge on any atom is 0.261 e. The Kier molecular flexibility index (Phi) is 8.63. The predicted molar refractivity (Wildman–Crippen MR) is 178 cm³/mol. The molecule has 2 amide bonds. The molecule has 2 heterocycles. The molecule has 6 atom stereocenters. The predicted octanol–water partition coefficient (Wildman–Crippen LogP) is 5.53. The molecule has 0 unspecified atom stereocenters. The van der Waals surface area contributed by atoms with Gasteiger partial charge in [-0.3, -0.25) is 14.5 Å². The lowest BCUT2D eigenvalue weighted by Crippen LogP contribution is -2.67. The van der Waals surface area contributed by atoms with Crippen molar-refractivity contribution in [1.29, 1.82) is 0 Å². The molecule has 45 heavy (non-hydrogen) atoms. The third kappa shape index (κ3) is 5.30. The van der Waals surface area contributed by atoms with Crippen LogP contribution < -0.4 is 10.4 Å². The molecule has 7 nitrogen and oxygen atoms in total. The lowest BCUT2D eigenvalue weighted by atomic mass is 9.64. The van der Waals surface area contributed by atoms with Gasteiger partial charge in [0, 0.05) is 35.0 Å². The quantitative estimate of drug-likeness (QED) is 0.238. The van der Waals surface area contributed by atoms with E-state index in [9.17, 15) is 19.8 Å². The van der Waals surface area contributed by atoms with Crippen LogP contribution in [-0.2, 0) is 18.8 Å². The minimum absolute atomic E-state index is 0.0588. The number of hydrogen-bond donors (Lipinski definition) is 2. The van der Waals surface area contributed by atoms with E-state index in [1.165, 1.54) is 4.90 Å². The van der Waals surface area contributed by atoms with Crippen LogP contribution in [0.25, 0.3) is 0 Å². The molecule has 0 spiro atoms. The van der Waals surface area contributed by atoms with Crippen LogP contribution in [0.4, 0.5) is 0 Å². The normalized spacial score (nSPS) is 28.3. The first kappa shape index (κ1) is 32.1. The fraction of sp³-hybridized carbons (Fsp3) is 0.444. The Bertz CT molecular complexity index is 1520. The number of rotatable bonds is 8. The summed E-state index contributed by atoms with van der Waals surface area (Å²) in [6, 6.07) is 25.7. The Balaban J connectivity index is 1.43. The Hall–Kier alpha value is -2.82. The third-order valence-electron chi connectivity index (χ3n) is 10.2. The Morgan fingerprint density at radius 2 is 1.60 bits per heavy atom. The Morgan fingerprint density at radius 3 is 2.18 bits per heavy atom. The third-order valence-corrected chi connectivity index (χ3v) is 15.7. The number of hydrogen-bond acceptors (Lipinski definition) is 6. The second kappa shape index (κ2) is 12.1. The summed E-state index contributed by atoms with van der Waals surface area (Å²) >= 11 is 3.49. The number of carbonyl (C=O) groups excluding carboxylic acids is 2. The first-order chi connectivity index (χ1) is 21.4. The summed E-state index contributed by atoms with van der Waals surface area (Å²) in [5.74, 6) is -4.53. The Labute approximate surface area is 274 Å². The van der Waals surface area contributed by atoms with Crippen molar-refractivity contribution in [3.05, 3.63) is 88.9 Å². The van der Waals surface area contributed by atoms with Gasteiger partial charge in [-0.15, -0.1) is 0 Å². The highest BCUT2D eigenvalue weighted by Gasteiger charge is 2.67. The summed E-state index contributed by atoms with van der Waals surface area (Å²) in [7, 11) is -2.97. The van der Waals surface area contributed by atoms with Crippen molar-refractivity contribution in [2.75, 3.05) is 13.2 Å². The molecule has 3 aromatic carbocycles. The van der Waals surface area contributed by atoms with Gasteiger partial charge in [0.1, 0.15) is 5.75 Å². The highest BCUT2D eigenvalue weighted by Crippen LogP contribution is 2.59. The van der Waals surface area contributed by atoms with Crippen LogP contribution in [0.15, 0.2) is 83.3 Å². The fourth-order valence-electron chi connectivity index (χ4n) is 8.15. The van der Waals surface area contributed by atoms with Crippen molar-refractivity contribution in [3.63, 3.8) is 0 Å². The molecule has 238 valence electrons. The van der Waals surface area contributed by atoms with Gasteiger partial charge in [-0.1, -0.05) is 104 Å². The molecule has 0 bridgehead atoms. The maximum absolute atomic E-state index is 13.8. The molecule has 0 radical (unpaired) electrons. The number of imide groups is 1. The SMILES string of the molecule is CCCN1C(=O)[C@H]2[C@H](C[C@H](CO[Si](c3ccccc3)(c3ccccc3)C(C)(C)C)[C@@]3(O)O[C@H](c4cc(Br)ccc4O)C[C@@H]23)C1=O. The number of fused-ring (bicyclic) bond motifs is 3. The summed E-state index contributed by atoms with van der Waals surface area (Å²) in [5.41, 5.74) is 0.539. The van der Waals surface area contributed by atoms with Crippen LogP contribution >= 0.6 is 15.9 Å². The Morgan fingerprint density at radius 1 is 0.978 bits per heavy atom. The summed E-state index contributed by atoms with van der Waals surface area (Å²) in [6.45, 7) is 9.06. The molecular formula is C36H42BrNO6Si. The molecule has 2 aliphatic heterocycles. The van der Waals surface area contributed by atoms with E-state index in [4.69, 9.17) is 9.16 Å².